The molecule has 1 saturated heterocycles. The van der Waals surface area contributed by atoms with Gasteiger partial charge in [-0.1, -0.05) is 11.2 Å². The Balaban J connectivity index is 1.44. The highest BCUT2D eigenvalue weighted by Gasteiger charge is 2.25. The van der Waals surface area contributed by atoms with E-state index in [-0.39, 0.29) is 6.10 Å². The molecule has 0 aromatic carbocycles. The van der Waals surface area contributed by atoms with Gasteiger partial charge in [-0.05, 0) is 50.2 Å². The van der Waals surface area contributed by atoms with Gasteiger partial charge >= 0.3 is 0 Å². The summed E-state index contributed by atoms with van der Waals surface area (Å²) in [5, 5.41) is 15.6. The van der Waals surface area contributed by atoms with Crippen LogP contribution in [0.25, 0.3) is 10.7 Å². The first-order valence-electron chi connectivity index (χ1n) is 7.49. The molecule has 3 rings (SSSR count). The number of aryl methyl sites for hydroxylation is 1. The van der Waals surface area contributed by atoms with Gasteiger partial charge in [-0.3, -0.25) is 0 Å². The summed E-state index contributed by atoms with van der Waals surface area (Å²) in [4.78, 5) is 7.89. The van der Waals surface area contributed by atoms with Crippen molar-refractivity contribution in [3.63, 3.8) is 0 Å². The molecule has 2 unspecified atom stereocenters. The highest BCUT2D eigenvalue weighted by atomic mass is 32.1. The van der Waals surface area contributed by atoms with Crippen molar-refractivity contribution < 1.29 is 9.63 Å². The number of aliphatic hydroxyl groups is 1. The van der Waals surface area contributed by atoms with Crippen molar-refractivity contribution in [1.82, 2.24) is 15.0 Å². The zero-order chi connectivity index (χ0) is 14.7. The Hall–Kier alpha value is -1.24. The van der Waals surface area contributed by atoms with E-state index in [1.165, 1.54) is 0 Å². The molecule has 21 heavy (non-hydrogen) atoms. The first-order chi connectivity index (χ1) is 10.2. The van der Waals surface area contributed by atoms with Crippen LogP contribution < -0.4 is 0 Å². The van der Waals surface area contributed by atoms with Gasteiger partial charge in [0.2, 0.25) is 11.7 Å². The second-order valence-corrected chi connectivity index (χ2v) is 6.63. The van der Waals surface area contributed by atoms with Crippen LogP contribution in [0, 0.1) is 5.92 Å². The van der Waals surface area contributed by atoms with Crippen LogP contribution in [0.3, 0.4) is 0 Å². The van der Waals surface area contributed by atoms with Gasteiger partial charge < -0.3 is 14.5 Å². The smallest absolute Gasteiger partial charge is 0.227 e. The molecule has 2 atom stereocenters. The third-order valence-electron chi connectivity index (χ3n) is 4.07. The van der Waals surface area contributed by atoms with E-state index in [2.05, 4.69) is 15.0 Å². The summed E-state index contributed by atoms with van der Waals surface area (Å²) in [6.07, 6.45) is 2.73. The molecule has 0 radical (unpaired) electrons. The Morgan fingerprint density at radius 1 is 1.57 bits per heavy atom. The fourth-order valence-corrected chi connectivity index (χ4v) is 3.42. The number of likely N-dealkylation sites (tertiary alicyclic amines) is 1. The van der Waals surface area contributed by atoms with E-state index in [9.17, 15) is 5.11 Å². The lowest BCUT2D eigenvalue weighted by Crippen LogP contribution is -2.25. The summed E-state index contributed by atoms with van der Waals surface area (Å²) >= 11 is 1.62. The Kier molecular flexibility index (Phi) is 4.67. The van der Waals surface area contributed by atoms with Crippen LogP contribution >= 0.6 is 11.3 Å². The molecule has 0 saturated carbocycles. The van der Waals surface area contributed by atoms with Crippen molar-refractivity contribution in [2.75, 3.05) is 19.6 Å². The van der Waals surface area contributed by atoms with E-state index in [0.717, 1.165) is 43.8 Å². The molecule has 2 aromatic rings. The molecule has 1 aliphatic heterocycles. The van der Waals surface area contributed by atoms with Crippen molar-refractivity contribution in [3.05, 3.63) is 23.4 Å². The number of aliphatic hydroxyl groups excluding tert-OH is 1. The average molecular weight is 307 g/mol. The minimum atomic E-state index is -0.195. The zero-order valence-electron chi connectivity index (χ0n) is 12.2. The second kappa shape index (κ2) is 6.68. The molecule has 2 aromatic heterocycles. The van der Waals surface area contributed by atoms with Crippen molar-refractivity contribution in [1.29, 1.82) is 0 Å². The molecule has 114 valence electrons. The number of nitrogens with zero attached hydrogens (tertiary/aromatic N) is 3. The third kappa shape index (κ3) is 3.70. The van der Waals surface area contributed by atoms with Crippen molar-refractivity contribution >= 4 is 11.3 Å². The van der Waals surface area contributed by atoms with E-state index >= 15 is 0 Å². The number of hydrogen-bond donors (Lipinski definition) is 1. The minimum Gasteiger partial charge on any atom is -0.393 e. The molecule has 3 heterocycles. The summed E-state index contributed by atoms with van der Waals surface area (Å²) in [7, 11) is 0. The van der Waals surface area contributed by atoms with Crippen molar-refractivity contribution in [2.45, 2.75) is 32.3 Å². The van der Waals surface area contributed by atoms with Crippen LogP contribution in [0.15, 0.2) is 22.0 Å². The first kappa shape index (κ1) is 14.7. The predicted molar refractivity (Wildman–Crippen MR) is 82.2 cm³/mol. The first-order valence-corrected chi connectivity index (χ1v) is 8.37. The lowest BCUT2D eigenvalue weighted by molar-refractivity contribution is 0.127. The molecule has 0 spiro atoms. The van der Waals surface area contributed by atoms with E-state index in [0.29, 0.717) is 17.6 Å². The van der Waals surface area contributed by atoms with Gasteiger partial charge in [0, 0.05) is 13.0 Å². The number of thiophene rings is 1. The quantitative estimate of drug-likeness (QED) is 0.888. The molecule has 0 bridgehead atoms. The highest BCUT2D eigenvalue weighted by Crippen LogP contribution is 2.22. The molecule has 5 nitrogen and oxygen atoms in total. The summed E-state index contributed by atoms with van der Waals surface area (Å²) < 4.78 is 5.30. The maximum absolute atomic E-state index is 9.61. The van der Waals surface area contributed by atoms with Crippen molar-refractivity contribution in [2.24, 2.45) is 5.92 Å². The Bertz CT molecular complexity index is 553. The van der Waals surface area contributed by atoms with Gasteiger partial charge in [-0.15, -0.1) is 11.3 Å². The Morgan fingerprint density at radius 3 is 3.19 bits per heavy atom. The van der Waals surface area contributed by atoms with Crippen LogP contribution in [-0.2, 0) is 6.42 Å². The predicted octanol–water partition coefficient (Wildman–Crippen LogP) is 2.43. The standard InChI is InChI=1S/C15H21N3O2S/c1-11(19)12-6-8-18(10-12)7-2-5-14-16-15(17-20-14)13-4-3-9-21-13/h3-4,9,11-12,19H,2,5-8,10H2,1H3. The summed E-state index contributed by atoms with van der Waals surface area (Å²) in [5.74, 6) is 1.83. The normalized spacial score (nSPS) is 21.0. The Morgan fingerprint density at radius 2 is 2.48 bits per heavy atom. The lowest BCUT2D eigenvalue weighted by atomic mass is 10.0. The van der Waals surface area contributed by atoms with Gasteiger partial charge in [-0.2, -0.15) is 4.98 Å². The van der Waals surface area contributed by atoms with Crippen LogP contribution in [0.4, 0.5) is 0 Å². The van der Waals surface area contributed by atoms with Gasteiger partial charge in [0.05, 0.1) is 11.0 Å². The zero-order valence-corrected chi connectivity index (χ0v) is 13.1. The van der Waals surface area contributed by atoms with Gasteiger partial charge in [0.15, 0.2) is 0 Å². The van der Waals surface area contributed by atoms with Crippen LogP contribution in [0.2, 0.25) is 0 Å². The van der Waals surface area contributed by atoms with Crippen LogP contribution in [0.1, 0.15) is 25.7 Å². The second-order valence-electron chi connectivity index (χ2n) is 5.68. The molecule has 1 fully saturated rings. The molecule has 0 amide bonds. The summed E-state index contributed by atoms with van der Waals surface area (Å²) in [6, 6.07) is 3.99. The SMILES string of the molecule is CC(O)C1CCN(CCCc2nc(-c3cccs3)no2)C1. The Labute approximate surface area is 128 Å². The molecular formula is C15H21N3O2S. The van der Waals surface area contributed by atoms with Gasteiger partial charge in [0.1, 0.15) is 0 Å². The molecule has 6 heteroatoms. The summed E-state index contributed by atoms with van der Waals surface area (Å²) in [6.45, 7) is 5.00. The fourth-order valence-electron chi connectivity index (χ4n) is 2.78. The van der Waals surface area contributed by atoms with E-state index in [4.69, 9.17) is 4.52 Å². The van der Waals surface area contributed by atoms with Crippen molar-refractivity contribution in [3.8, 4) is 10.7 Å². The van der Waals surface area contributed by atoms with Crippen LogP contribution in [-0.4, -0.2) is 45.9 Å². The van der Waals surface area contributed by atoms with E-state index in [1.54, 1.807) is 11.3 Å². The maximum Gasteiger partial charge on any atom is 0.227 e. The van der Waals surface area contributed by atoms with E-state index in [1.807, 2.05) is 24.4 Å². The largest absolute Gasteiger partial charge is 0.393 e. The number of hydrogen-bond acceptors (Lipinski definition) is 6. The molecular weight excluding hydrogens is 286 g/mol. The van der Waals surface area contributed by atoms with Gasteiger partial charge in [-0.25, -0.2) is 0 Å². The lowest BCUT2D eigenvalue weighted by Gasteiger charge is -2.16. The third-order valence-corrected chi connectivity index (χ3v) is 4.93. The topological polar surface area (TPSA) is 62.4 Å². The fraction of sp³-hybridized carbons (Fsp3) is 0.600. The monoisotopic (exact) mass is 307 g/mol. The van der Waals surface area contributed by atoms with Crippen LogP contribution in [0.5, 0.6) is 0 Å². The summed E-state index contributed by atoms with van der Waals surface area (Å²) in [5.41, 5.74) is 0. The van der Waals surface area contributed by atoms with E-state index < -0.39 is 0 Å². The molecule has 1 aliphatic rings. The molecule has 1 N–H and O–H groups in total. The number of rotatable bonds is 6. The minimum absolute atomic E-state index is 0.195. The molecule has 0 aliphatic carbocycles. The number of aromatic nitrogens is 2. The average Bonchev–Trinajstić information content (AvgIpc) is 3.20. The highest BCUT2D eigenvalue weighted by molar-refractivity contribution is 7.13. The van der Waals surface area contributed by atoms with Gasteiger partial charge in [0.25, 0.3) is 0 Å². The maximum atomic E-state index is 9.61.